The molecule has 2 heteroatoms. The molecule has 1 atom stereocenters. The van der Waals surface area contributed by atoms with Gasteiger partial charge in [0.25, 0.3) is 0 Å². The third-order valence-electron chi connectivity index (χ3n) is 1.43. The lowest BCUT2D eigenvalue weighted by Gasteiger charge is -2.19. The van der Waals surface area contributed by atoms with Gasteiger partial charge >= 0.3 is 0 Å². The Hall–Kier alpha value is 0.180. The first-order chi connectivity index (χ1) is 4.62. The van der Waals surface area contributed by atoms with Gasteiger partial charge in [0.15, 0.2) is 0 Å². The van der Waals surface area contributed by atoms with E-state index in [1.54, 1.807) is 0 Å². The van der Waals surface area contributed by atoms with Crippen molar-refractivity contribution in [3.05, 3.63) is 12.7 Å². The summed E-state index contributed by atoms with van der Waals surface area (Å²) in [5, 5.41) is 0. The second-order valence-electron chi connectivity index (χ2n) is 2.63. The third-order valence-corrected chi connectivity index (χ3v) is 2.15. The highest BCUT2D eigenvalue weighted by molar-refractivity contribution is 9.10. The smallest absolute Gasteiger partial charge is 0.0752 e. The van der Waals surface area contributed by atoms with Crippen LogP contribution in [0.1, 0.15) is 32.6 Å². The van der Waals surface area contributed by atoms with Crippen molar-refractivity contribution in [3.63, 3.8) is 0 Å². The first kappa shape index (κ1) is 10.2. The Morgan fingerprint density at radius 1 is 1.70 bits per heavy atom. The molecule has 0 radical (unpaired) electrons. The summed E-state index contributed by atoms with van der Waals surface area (Å²) in [5.41, 5.74) is 5.86. The van der Waals surface area contributed by atoms with Crippen molar-refractivity contribution in [2.75, 3.05) is 0 Å². The van der Waals surface area contributed by atoms with E-state index in [9.17, 15) is 0 Å². The molecular formula is C8H16BrN. The van der Waals surface area contributed by atoms with Crippen LogP contribution in [-0.4, -0.2) is 4.45 Å². The van der Waals surface area contributed by atoms with Crippen LogP contribution in [0.15, 0.2) is 12.7 Å². The molecule has 0 saturated heterocycles. The molecule has 0 saturated carbocycles. The van der Waals surface area contributed by atoms with Crippen LogP contribution >= 0.6 is 15.9 Å². The summed E-state index contributed by atoms with van der Waals surface area (Å²) >= 11 is 3.45. The first-order valence-electron chi connectivity index (χ1n) is 3.71. The zero-order valence-electron chi connectivity index (χ0n) is 6.57. The minimum atomic E-state index is -0.204. The molecule has 0 amide bonds. The van der Waals surface area contributed by atoms with Gasteiger partial charge in [-0.25, -0.2) is 0 Å². The number of halogens is 1. The summed E-state index contributed by atoms with van der Waals surface area (Å²) in [6.07, 6.45) is 6.09. The zero-order chi connectivity index (χ0) is 8.04. The Morgan fingerprint density at radius 3 is 2.70 bits per heavy atom. The quantitative estimate of drug-likeness (QED) is 0.417. The third kappa shape index (κ3) is 5.00. The van der Waals surface area contributed by atoms with Crippen molar-refractivity contribution < 1.29 is 0 Å². The molecule has 0 bridgehead atoms. The summed E-state index contributed by atoms with van der Waals surface area (Å²) < 4.78 is -0.204. The molecule has 0 heterocycles. The molecule has 10 heavy (non-hydrogen) atoms. The van der Waals surface area contributed by atoms with Crippen LogP contribution in [0.5, 0.6) is 0 Å². The highest BCUT2D eigenvalue weighted by Crippen LogP contribution is 2.22. The average Bonchev–Trinajstić information content (AvgIpc) is 1.84. The van der Waals surface area contributed by atoms with Gasteiger partial charge in [-0.3, -0.25) is 0 Å². The molecule has 0 aromatic heterocycles. The molecule has 60 valence electrons. The van der Waals surface area contributed by atoms with Crippen molar-refractivity contribution in [2.24, 2.45) is 5.73 Å². The van der Waals surface area contributed by atoms with Gasteiger partial charge in [-0.05, 0) is 12.8 Å². The van der Waals surface area contributed by atoms with E-state index in [2.05, 4.69) is 29.4 Å². The molecule has 0 rings (SSSR count). The Balaban J connectivity index is 3.51. The van der Waals surface area contributed by atoms with E-state index in [0.29, 0.717) is 0 Å². The summed E-state index contributed by atoms with van der Waals surface area (Å²) in [5.74, 6) is 0. The highest BCUT2D eigenvalue weighted by atomic mass is 79.9. The summed E-state index contributed by atoms with van der Waals surface area (Å²) in [6.45, 7) is 5.81. The maximum atomic E-state index is 5.86. The van der Waals surface area contributed by atoms with E-state index in [-0.39, 0.29) is 4.45 Å². The van der Waals surface area contributed by atoms with Gasteiger partial charge in [-0.1, -0.05) is 41.8 Å². The fourth-order valence-corrected chi connectivity index (χ4v) is 1.32. The fourth-order valence-electron chi connectivity index (χ4n) is 0.813. The lowest BCUT2D eigenvalue weighted by atomic mass is 10.1. The predicted molar refractivity (Wildman–Crippen MR) is 50.2 cm³/mol. The van der Waals surface area contributed by atoms with E-state index >= 15 is 0 Å². The SMILES string of the molecule is C=CCC(N)(Br)CCCC. The molecule has 0 fully saturated rings. The number of nitrogens with two attached hydrogens (primary N) is 1. The van der Waals surface area contributed by atoms with E-state index < -0.39 is 0 Å². The number of unbranched alkanes of at least 4 members (excludes halogenated alkanes) is 1. The number of alkyl halides is 1. The first-order valence-corrected chi connectivity index (χ1v) is 4.50. The average molecular weight is 206 g/mol. The predicted octanol–water partition coefficient (Wildman–Crippen LogP) is 2.80. The van der Waals surface area contributed by atoms with Crippen LogP contribution in [0.3, 0.4) is 0 Å². The van der Waals surface area contributed by atoms with E-state index in [1.807, 2.05) is 6.08 Å². The lowest BCUT2D eigenvalue weighted by molar-refractivity contribution is 0.547. The second kappa shape index (κ2) is 4.91. The largest absolute Gasteiger partial charge is 0.316 e. The van der Waals surface area contributed by atoms with Crippen molar-refractivity contribution in [1.29, 1.82) is 0 Å². The van der Waals surface area contributed by atoms with Gasteiger partial charge in [0.1, 0.15) is 0 Å². The standard InChI is InChI=1S/C8H16BrN/c1-3-5-7-8(9,10)6-4-2/h4H,2-3,5-7,10H2,1H3. The van der Waals surface area contributed by atoms with Crippen LogP contribution in [-0.2, 0) is 0 Å². The molecular weight excluding hydrogens is 190 g/mol. The molecule has 1 unspecified atom stereocenters. The van der Waals surface area contributed by atoms with Crippen LogP contribution in [0.25, 0.3) is 0 Å². The minimum Gasteiger partial charge on any atom is -0.316 e. The molecule has 0 aliphatic heterocycles. The molecule has 0 aromatic carbocycles. The molecule has 2 N–H and O–H groups in total. The lowest BCUT2D eigenvalue weighted by Crippen LogP contribution is -2.31. The molecule has 0 aliphatic rings. The number of rotatable bonds is 5. The van der Waals surface area contributed by atoms with Crippen molar-refractivity contribution in [2.45, 2.75) is 37.1 Å². The zero-order valence-corrected chi connectivity index (χ0v) is 8.15. The maximum absolute atomic E-state index is 5.86. The van der Waals surface area contributed by atoms with Crippen molar-refractivity contribution in [1.82, 2.24) is 0 Å². The van der Waals surface area contributed by atoms with Gasteiger partial charge in [0.05, 0.1) is 4.45 Å². The molecule has 0 spiro atoms. The van der Waals surface area contributed by atoms with E-state index in [0.717, 1.165) is 12.8 Å². The summed E-state index contributed by atoms with van der Waals surface area (Å²) in [6, 6.07) is 0. The molecule has 1 nitrogen and oxygen atoms in total. The highest BCUT2D eigenvalue weighted by Gasteiger charge is 2.16. The summed E-state index contributed by atoms with van der Waals surface area (Å²) in [7, 11) is 0. The van der Waals surface area contributed by atoms with Gasteiger partial charge in [-0.15, -0.1) is 6.58 Å². The van der Waals surface area contributed by atoms with Gasteiger partial charge < -0.3 is 5.73 Å². The van der Waals surface area contributed by atoms with Crippen LogP contribution in [0.4, 0.5) is 0 Å². The Kier molecular flexibility index (Phi) is 5.00. The van der Waals surface area contributed by atoms with Crippen molar-refractivity contribution >= 4 is 15.9 Å². The Morgan fingerprint density at radius 2 is 2.30 bits per heavy atom. The monoisotopic (exact) mass is 205 g/mol. The second-order valence-corrected chi connectivity index (χ2v) is 4.21. The maximum Gasteiger partial charge on any atom is 0.0752 e. The summed E-state index contributed by atoms with van der Waals surface area (Å²) in [4.78, 5) is 0. The van der Waals surface area contributed by atoms with Gasteiger partial charge in [0, 0.05) is 0 Å². The number of hydrogen-bond donors (Lipinski definition) is 1. The fraction of sp³-hybridized carbons (Fsp3) is 0.750. The van der Waals surface area contributed by atoms with Crippen LogP contribution in [0, 0.1) is 0 Å². The minimum absolute atomic E-state index is 0.204. The van der Waals surface area contributed by atoms with Crippen LogP contribution in [0.2, 0.25) is 0 Å². The topological polar surface area (TPSA) is 26.0 Å². The van der Waals surface area contributed by atoms with Crippen molar-refractivity contribution in [3.8, 4) is 0 Å². The Bertz CT molecular complexity index is 99.4. The Labute approximate surface area is 71.8 Å². The normalized spacial score (nSPS) is 16.3. The molecule has 0 aliphatic carbocycles. The number of hydrogen-bond acceptors (Lipinski definition) is 1. The van der Waals surface area contributed by atoms with Crippen LogP contribution < -0.4 is 5.73 Å². The van der Waals surface area contributed by atoms with E-state index in [4.69, 9.17) is 5.73 Å². The van der Waals surface area contributed by atoms with Gasteiger partial charge in [-0.2, -0.15) is 0 Å². The van der Waals surface area contributed by atoms with Gasteiger partial charge in [0.2, 0.25) is 0 Å². The van der Waals surface area contributed by atoms with E-state index in [1.165, 1.54) is 12.8 Å². The molecule has 0 aromatic rings.